The van der Waals surface area contributed by atoms with Gasteiger partial charge in [0.1, 0.15) is 6.04 Å². The highest BCUT2D eigenvalue weighted by atomic mass is 35.5. The van der Waals surface area contributed by atoms with Gasteiger partial charge in [0, 0.05) is 23.1 Å². The van der Waals surface area contributed by atoms with E-state index in [1.165, 1.54) is 7.11 Å². The Kier molecular flexibility index (Phi) is 5.97. The van der Waals surface area contributed by atoms with E-state index < -0.39 is 6.04 Å². The number of esters is 1. The maximum absolute atomic E-state index is 12.5. The van der Waals surface area contributed by atoms with Gasteiger partial charge < -0.3 is 9.47 Å². The molecule has 0 aliphatic carbocycles. The number of carbonyl (C=O) groups excluding carboxylic acids is 1. The molecule has 2 aromatic rings. The molecule has 4 nitrogen and oxygen atoms in total. The smallest absolute Gasteiger partial charge is 0.327 e. The Morgan fingerprint density at radius 2 is 1.92 bits per heavy atom. The van der Waals surface area contributed by atoms with Crippen LogP contribution < -0.4 is 0 Å². The molecule has 0 spiro atoms. The highest BCUT2D eigenvalue weighted by molar-refractivity contribution is 6.31. The third-order valence-corrected chi connectivity index (χ3v) is 4.93. The van der Waals surface area contributed by atoms with Crippen LogP contribution in [0.25, 0.3) is 0 Å². The lowest BCUT2D eigenvalue weighted by molar-refractivity contribution is -0.150. The number of rotatable bonds is 4. The number of hydrogen-bond acceptors (Lipinski definition) is 4. The van der Waals surface area contributed by atoms with Crippen molar-refractivity contribution < 1.29 is 14.3 Å². The first kappa shape index (κ1) is 18.2. The first-order chi connectivity index (χ1) is 12.1. The van der Waals surface area contributed by atoms with Crippen LogP contribution in [0, 0.1) is 0 Å². The molecule has 0 amide bonds. The lowest BCUT2D eigenvalue weighted by Crippen LogP contribution is -2.43. The molecular weight excluding hydrogens is 361 g/mol. The fourth-order valence-electron chi connectivity index (χ4n) is 3.06. The second kappa shape index (κ2) is 8.19. The molecule has 132 valence electrons. The summed E-state index contributed by atoms with van der Waals surface area (Å²) in [6.07, 6.45) is -0.138. The summed E-state index contributed by atoms with van der Waals surface area (Å²) in [5.74, 6) is -0.329. The van der Waals surface area contributed by atoms with Crippen molar-refractivity contribution >= 4 is 29.2 Å². The largest absolute Gasteiger partial charge is 0.468 e. The number of morpholine rings is 1. The molecule has 1 aliphatic rings. The Labute approximate surface area is 157 Å². The molecule has 0 saturated carbocycles. The van der Waals surface area contributed by atoms with Crippen molar-refractivity contribution in [3.05, 3.63) is 69.7 Å². The Hall–Kier alpha value is -1.59. The van der Waals surface area contributed by atoms with E-state index in [0.29, 0.717) is 29.7 Å². The highest BCUT2D eigenvalue weighted by Crippen LogP contribution is 2.33. The lowest BCUT2D eigenvalue weighted by atomic mass is 10.0. The number of nitrogens with zero attached hydrogens (tertiary/aromatic N) is 1. The first-order valence-corrected chi connectivity index (χ1v) is 8.79. The van der Waals surface area contributed by atoms with Crippen molar-refractivity contribution in [2.75, 3.05) is 26.8 Å². The van der Waals surface area contributed by atoms with Crippen molar-refractivity contribution in [1.82, 2.24) is 4.90 Å². The zero-order valence-electron chi connectivity index (χ0n) is 13.8. The average molecular weight is 380 g/mol. The molecule has 1 aliphatic heterocycles. The zero-order valence-corrected chi connectivity index (χ0v) is 15.3. The van der Waals surface area contributed by atoms with Crippen LogP contribution in [0.4, 0.5) is 0 Å². The number of methoxy groups -OCH3 is 1. The molecule has 6 heteroatoms. The van der Waals surface area contributed by atoms with Gasteiger partial charge in [-0.3, -0.25) is 4.90 Å². The van der Waals surface area contributed by atoms with Crippen LogP contribution in [-0.2, 0) is 14.3 Å². The van der Waals surface area contributed by atoms with Crippen molar-refractivity contribution in [2.24, 2.45) is 0 Å². The molecule has 25 heavy (non-hydrogen) atoms. The second-order valence-electron chi connectivity index (χ2n) is 5.85. The Bertz CT molecular complexity index is 736. The SMILES string of the molecule is COC(=O)[C@@H](c1ccccc1Cl)N1CCO[C@@H](c2ccc(Cl)cc2)C1. The van der Waals surface area contributed by atoms with Gasteiger partial charge in [0.05, 0.1) is 19.8 Å². The molecule has 0 aromatic heterocycles. The van der Waals surface area contributed by atoms with Gasteiger partial charge in [0.25, 0.3) is 0 Å². The van der Waals surface area contributed by atoms with E-state index >= 15 is 0 Å². The van der Waals surface area contributed by atoms with Gasteiger partial charge >= 0.3 is 5.97 Å². The lowest BCUT2D eigenvalue weighted by Gasteiger charge is -2.37. The van der Waals surface area contributed by atoms with E-state index in [1.54, 1.807) is 6.07 Å². The van der Waals surface area contributed by atoms with E-state index in [-0.39, 0.29) is 12.1 Å². The van der Waals surface area contributed by atoms with Gasteiger partial charge in [-0.2, -0.15) is 0 Å². The predicted molar refractivity (Wildman–Crippen MR) is 97.9 cm³/mol. The summed E-state index contributed by atoms with van der Waals surface area (Å²) in [7, 11) is 1.39. The molecule has 0 unspecified atom stereocenters. The summed E-state index contributed by atoms with van der Waals surface area (Å²) >= 11 is 12.3. The van der Waals surface area contributed by atoms with Crippen molar-refractivity contribution in [1.29, 1.82) is 0 Å². The van der Waals surface area contributed by atoms with Gasteiger partial charge in [-0.25, -0.2) is 4.79 Å². The molecule has 1 fully saturated rings. The van der Waals surface area contributed by atoms with Crippen molar-refractivity contribution in [3.63, 3.8) is 0 Å². The molecular formula is C19H19Cl2NO3. The first-order valence-electron chi connectivity index (χ1n) is 8.03. The van der Waals surface area contributed by atoms with Crippen molar-refractivity contribution in [3.8, 4) is 0 Å². The Morgan fingerprint density at radius 3 is 2.60 bits per heavy atom. The Balaban J connectivity index is 1.87. The monoisotopic (exact) mass is 379 g/mol. The molecule has 0 N–H and O–H groups in total. The summed E-state index contributed by atoms with van der Waals surface area (Å²) in [5.41, 5.74) is 1.77. The maximum Gasteiger partial charge on any atom is 0.327 e. The summed E-state index contributed by atoms with van der Waals surface area (Å²) in [4.78, 5) is 14.5. The number of carbonyl (C=O) groups is 1. The van der Waals surface area contributed by atoms with E-state index in [1.807, 2.05) is 42.5 Å². The minimum Gasteiger partial charge on any atom is -0.468 e. The van der Waals surface area contributed by atoms with Gasteiger partial charge in [0.2, 0.25) is 0 Å². The third kappa shape index (κ3) is 4.15. The van der Waals surface area contributed by atoms with Crippen LogP contribution in [0.5, 0.6) is 0 Å². The molecule has 3 rings (SSSR count). The van der Waals surface area contributed by atoms with Crippen LogP contribution in [0.2, 0.25) is 10.0 Å². The predicted octanol–water partition coefficient (Wildman–Crippen LogP) is 4.28. The number of hydrogen-bond donors (Lipinski definition) is 0. The second-order valence-corrected chi connectivity index (χ2v) is 6.70. The van der Waals surface area contributed by atoms with E-state index in [0.717, 1.165) is 11.1 Å². The average Bonchev–Trinajstić information content (AvgIpc) is 2.64. The van der Waals surface area contributed by atoms with Gasteiger partial charge in [0.15, 0.2) is 0 Å². The van der Waals surface area contributed by atoms with Crippen LogP contribution in [0.15, 0.2) is 48.5 Å². The standard InChI is InChI=1S/C19H19Cl2NO3/c1-24-19(23)18(15-4-2-3-5-16(15)21)22-10-11-25-17(12-22)13-6-8-14(20)9-7-13/h2-9,17-18H,10-12H2,1H3/t17-,18-/m1/s1. The summed E-state index contributed by atoms with van der Waals surface area (Å²) < 4.78 is 10.9. The molecule has 1 heterocycles. The summed E-state index contributed by atoms with van der Waals surface area (Å²) in [6.45, 7) is 1.70. The van der Waals surface area contributed by atoms with Crippen molar-refractivity contribution in [2.45, 2.75) is 12.1 Å². The third-order valence-electron chi connectivity index (χ3n) is 4.33. The fraction of sp³-hybridized carbons (Fsp3) is 0.316. The molecule has 2 aromatic carbocycles. The minimum absolute atomic E-state index is 0.138. The molecule has 0 bridgehead atoms. The van der Waals surface area contributed by atoms with Gasteiger partial charge in [-0.15, -0.1) is 0 Å². The summed E-state index contributed by atoms with van der Waals surface area (Å²) in [5, 5.41) is 1.23. The fourth-order valence-corrected chi connectivity index (χ4v) is 3.43. The number of halogens is 2. The van der Waals surface area contributed by atoms with Crippen LogP contribution in [0.1, 0.15) is 23.3 Å². The zero-order chi connectivity index (χ0) is 17.8. The normalized spacial score (nSPS) is 19.4. The van der Waals surface area contributed by atoms with Crippen LogP contribution in [-0.4, -0.2) is 37.7 Å². The van der Waals surface area contributed by atoms with Crippen LogP contribution >= 0.6 is 23.2 Å². The summed E-state index contributed by atoms with van der Waals surface area (Å²) in [6, 6.07) is 14.4. The minimum atomic E-state index is -0.558. The molecule has 2 atom stereocenters. The highest BCUT2D eigenvalue weighted by Gasteiger charge is 2.34. The topological polar surface area (TPSA) is 38.8 Å². The molecule has 1 saturated heterocycles. The molecule has 0 radical (unpaired) electrons. The van der Waals surface area contributed by atoms with E-state index in [4.69, 9.17) is 32.7 Å². The quantitative estimate of drug-likeness (QED) is 0.743. The van der Waals surface area contributed by atoms with E-state index in [9.17, 15) is 4.79 Å². The maximum atomic E-state index is 12.5. The van der Waals surface area contributed by atoms with Gasteiger partial charge in [-0.1, -0.05) is 53.5 Å². The number of benzene rings is 2. The van der Waals surface area contributed by atoms with E-state index in [2.05, 4.69) is 4.90 Å². The number of ether oxygens (including phenoxy) is 2. The Morgan fingerprint density at radius 1 is 1.20 bits per heavy atom. The van der Waals surface area contributed by atoms with Crippen LogP contribution in [0.3, 0.4) is 0 Å². The van der Waals surface area contributed by atoms with Gasteiger partial charge in [-0.05, 0) is 29.3 Å².